The van der Waals surface area contributed by atoms with Gasteiger partial charge >= 0.3 is 31.4 Å². The number of carbonyl (C=O) groups is 2. The van der Waals surface area contributed by atoms with E-state index in [1.165, 1.54) is 37.5 Å². The van der Waals surface area contributed by atoms with Gasteiger partial charge in [-0.15, -0.1) is 11.8 Å². The van der Waals surface area contributed by atoms with Crippen LogP contribution in [0.15, 0.2) is 138 Å². The van der Waals surface area contributed by atoms with Crippen LogP contribution in [0.4, 0.5) is 26.3 Å². The number of halogens is 7. The molecule has 2 aliphatic rings. The van der Waals surface area contributed by atoms with E-state index in [-0.39, 0.29) is 54.3 Å². The molecule has 0 heterocycles. The van der Waals surface area contributed by atoms with Crippen molar-refractivity contribution in [3.8, 4) is 46.3 Å². The molecule has 0 aromatic heterocycles. The zero-order chi connectivity index (χ0) is 53.6. The molecule has 0 aliphatic heterocycles. The zero-order valence-corrected chi connectivity index (χ0v) is 42.4. The summed E-state index contributed by atoms with van der Waals surface area (Å²) in [5.74, 6) is 12.5. The molecule has 16 heteroatoms. The van der Waals surface area contributed by atoms with E-state index in [4.69, 9.17) is 29.0 Å². The van der Waals surface area contributed by atoms with Crippen molar-refractivity contribution in [3.05, 3.63) is 182 Å². The molecule has 0 amide bonds. The van der Waals surface area contributed by atoms with Gasteiger partial charge in [0.15, 0.2) is 0 Å². The summed E-state index contributed by atoms with van der Waals surface area (Å²) in [7, 11) is 1.03. The first kappa shape index (κ1) is 56.3. The average Bonchev–Trinajstić information content (AvgIpc) is 3.98. The first-order chi connectivity index (χ1) is 35.3. The SMILES string of the molecule is CC#C[C@@H](CC(=O)OC)c1ccc(OC2CCc3cc(-c4ccc(C(F)(F)F)cc4)ccc32)cc1.CC#C[C@@H](CC(=O)OC)c1ccc(OC2CCc3cc(Br)ccc32)cc1.OB(O)c1ccc(C(F)(F)F)cc1. The van der Waals surface area contributed by atoms with E-state index in [0.29, 0.717) is 0 Å². The van der Waals surface area contributed by atoms with Crippen LogP contribution in [0.5, 0.6) is 11.5 Å². The van der Waals surface area contributed by atoms with Gasteiger partial charge in [-0.2, -0.15) is 26.3 Å². The smallest absolute Gasteiger partial charge is 0.486 e. The Balaban J connectivity index is 0.000000200. The molecule has 0 radical (unpaired) electrons. The maximum Gasteiger partial charge on any atom is 0.488 e. The van der Waals surface area contributed by atoms with E-state index in [9.17, 15) is 35.9 Å². The molecule has 6 aromatic carbocycles. The largest absolute Gasteiger partial charge is 0.488 e. The molecule has 0 fully saturated rings. The second-order valence-corrected chi connectivity index (χ2v) is 18.1. The quantitative estimate of drug-likeness (QED) is 0.0540. The average molecular weight is 1080 g/mol. The molecule has 8 rings (SSSR count). The molecular formula is C58H52BBrF6O8. The monoisotopic (exact) mass is 1080 g/mol. The van der Waals surface area contributed by atoms with Crippen LogP contribution in [0.25, 0.3) is 11.1 Å². The minimum atomic E-state index is -4.39. The van der Waals surface area contributed by atoms with Crippen LogP contribution in [-0.4, -0.2) is 43.3 Å². The summed E-state index contributed by atoms with van der Waals surface area (Å²) >= 11 is 3.52. The van der Waals surface area contributed by atoms with Gasteiger partial charge < -0.3 is 29.0 Å². The Hall–Kier alpha value is -6.98. The Morgan fingerprint density at radius 1 is 0.595 bits per heavy atom. The van der Waals surface area contributed by atoms with Crippen LogP contribution >= 0.6 is 15.9 Å². The summed E-state index contributed by atoms with van der Waals surface area (Å²) in [6, 6.07) is 36.6. The maximum atomic E-state index is 12.8. The van der Waals surface area contributed by atoms with Gasteiger partial charge in [0.1, 0.15) is 23.7 Å². The highest BCUT2D eigenvalue weighted by molar-refractivity contribution is 9.10. The Morgan fingerprint density at radius 3 is 1.41 bits per heavy atom. The second kappa shape index (κ2) is 25.8. The number of fused-ring (bicyclic) bond motifs is 2. The molecule has 0 bridgehead atoms. The molecule has 4 atom stereocenters. The normalized spacial score (nSPS) is 15.0. The lowest BCUT2D eigenvalue weighted by molar-refractivity contribution is -0.141. The minimum Gasteiger partial charge on any atom is -0.486 e. The fraction of sp³-hybridized carbons (Fsp3) is 0.276. The van der Waals surface area contributed by atoms with Gasteiger partial charge in [-0.1, -0.05) is 113 Å². The number of benzene rings is 6. The molecule has 8 nitrogen and oxygen atoms in total. The Bertz CT molecular complexity index is 2970. The van der Waals surface area contributed by atoms with Crippen LogP contribution in [0.2, 0.25) is 0 Å². The topological polar surface area (TPSA) is 112 Å². The van der Waals surface area contributed by atoms with Crippen LogP contribution in [-0.2, 0) is 44.3 Å². The van der Waals surface area contributed by atoms with Gasteiger partial charge in [-0.3, -0.25) is 9.59 Å². The van der Waals surface area contributed by atoms with Gasteiger partial charge in [-0.05, 0) is 138 Å². The summed E-state index contributed by atoms with van der Waals surface area (Å²) in [5.41, 5.74) is 6.96. The molecule has 2 N–H and O–H groups in total. The highest BCUT2D eigenvalue weighted by Crippen LogP contribution is 2.40. The number of methoxy groups -OCH3 is 2. The zero-order valence-electron chi connectivity index (χ0n) is 40.8. The van der Waals surface area contributed by atoms with Crippen molar-refractivity contribution in [1.82, 2.24) is 0 Å². The summed E-state index contributed by atoms with van der Waals surface area (Å²) in [6.07, 6.45) is -4.63. The molecule has 2 unspecified atom stereocenters. The lowest BCUT2D eigenvalue weighted by Gasteiger charge is -2.17. The van der Waals surface area contributed by atoms with Crippen molar-refractivity contribution in [2.75, 3.05) is 14.2 Å². The van der Waals surface area contributed by atoms with Crippen LogP contribution in [0.1, 0.15) is 108 Å². The van der Waals surface area contributed by atoms with Crippen LogP contribution in [0.3, 0.4) is 0 Å². The third-order valence-electron chi connectivity index (χ3n) is 12.3. The number of hydrogen-bond donors (Lipinski definition) is 2. The van der Waals surface area contributed by atoms with E-state index >= 15 is 0 Å². The number of hydrogen-bond acceptors (Lipinski definition) is 8. The van der Waals surface area contributed by atoms with Crippen molar-refractivity contribution in [2.24, 2.45) is 0 Å². The van der Waals surface area contributed by atoms with Crippen molar-refractivity contribution in [1.29, 1.82) is 0 Å². The fourth-order valence-electron chi connectivity index (χ4n) is 8.48. The van der Waals surface area contributed by atoms with E-state index in [1.54, 1.807) is 13.8 Å². The Morgan fingerprint density at radius 2 is 1.00 bits per heavy atom. The molecule has 0 saturated carbocycles. The van der Waals surface area contributed by atoms with Gasteiger partial charge in [0.2, 0.25) is 0 Å². The van der Waals surface area contributed by atoms with Crippen molar-refractivity contribution in [2.45, 2.75) is 88.8 Å². The summed E-state index contributed by atoms with van der Waals surface area (Å²) in [6.45, 7) is 3.51. The molecular weight excluding hydrogens is 1030 g/mol. The lowest BCUT2D eigenvalue weighted by atomic mass is 9.80. The predicted molar refractivity (Wildman–Crippen MR) is 274 cm³/mol. The fourth-order valence-corrected chi connectivity index (χ4v) is 8.89. The molecule has 384 valence electrons. The Labute approximate surface area is 435 Å². The number of rotatable bonds is 12. The molecule has 6 aromatic rings. The first-order valence-corrected chi connectivity index (χ1v) is 24.2. The molecule has 2 aliphatic carbocycles. The van der Waals surface area contributed by atoms with Crippen molar-refractivity contribution in [3.63, 3.8) is 0 Å². The summed E-state index contributed by atoms with van der Waals surface area (Å²) < 4.78 is 97.6. The van der Waals surface area contributed by atoms with Crippen molar-refractivity contribution < 1.29 is 64.9 Å². The van der Waals surface area contributed by atoms with Crippen molar-refractivity contribution >= 4 is 40.4 Å². The maximum absolute atomic E-state index is 12.8. The van der Waals surface area contributed by atoms with E-state index in [0.717, 1.165) is 111 Å². The summed E-state index contributed by atoms with van der Waals surface area (Å²) in [4.78, 5) is 23.3. The van der Waals surface area contributed by atoms with Crippen LogP contribution < -0.4 is 14.9 Å². The molecule has 0 spiro atoms. The van der Waals surface area contributed by atoms with Gasteiger partial charge in [-0.25, -0.2) is 0 Å². The third-order valence-corrected chi connectivity index (χ3v) is 12.8. The molecule has 0 saturated heterocycles. The summed E-state index contributed by atoms with van der Waals surface area (Å²) in [5, 5.41) is 17.2. The minimum absolute atomic E-state index is 0.0352. The van der Waals surface area contributed by atoms with Crippen LogP contribution in [0, 0.1) is 23.7 Å². The molecule has 74 heavy (non-hydrogen) atoms. The lowest BCUT2D eigenvalue weighted by Crippen LogP contribution is -2.29. The highest BCUT2D eigenvalue weighted by atomic mass is 79.9. The second-order valence-electron chi connectivity index (χ2n) is 17.2. The number of alkyl halides is 6. The third kappa shape index (κ3) is 15.5. The Kier molecular flexibility index (Phi) is 19.6. The van der Waals surface area contributed by atoms with E-state index in [1.807, 2.05) is 66.7 Å². The van der Waals surface area contributed by atoms with Gasteiger partial charge in [0, 0.05) is 4.47 Å². The van der Waals surface area contributed by atoms with Gasteiger partial charge in [0.25, 0.3) is 0 Å². The number of ether oxygens (including phenoxy) is 4. The van der Waals surface area contributed by atoms with Gasteiger partial charge in [0.05, 0.1) is 50.0 Å². The first-order valence-electron chi connectivity index (χ1n) is 23.4. The number of esters is 2. The van der Waals surface area contributed by atoms with E-state index < -0.39 is 30.6 Å². The predicted octanol–water partition coefficient (Wildman–Crippen LogP) is 12.7. The number of aryl methyl sites for hydroxylation is 2. The standard InChI is InChI=1S/C29H25F3O3.C22H21BrO3.C7H6BF3O2/c1-3-4-21(18-28(33)34-2)20-7-13-25(14-8-20)35-27-16-10-23-17-22(9-15-26(23)27)19-5-11-24(12-6-19)29(30,31)32;1-3-4-16(14-22(24)25-2)15-5-9-19(10-6-15)26-21-12-7-17-13-18(23)8-11-20(17)21;9-7(10,11)5-1-3-6(4-2-5)8(12)13/h5-9,11-15,17,21,27H,10,16,18H2,1-2H3;5-6,8-11,13,16,21H,7,12,14H2,1-2H3;1-4,12-13H/t21-,27?;16-,21?;/m00./s1. The highest BCUT2D eigenvalue weighted by Gasteiger charge is 2.32. The number of carbonyl (C=O) groups excluding carboxylic acids is 2. The van der Waals surface area contributed by atoms with E-state index in [2.05, 4.69) is 57.8 Å².